The van der Waals surface area contributed by atoms with Crippen molar-refractivity contribution >= 4 is 16.1 Å². The number of hydrogen-bond acceptors (Lipinski definition) is 5. The van der Waals surface area contributed by atoms with Gasteiger partial charge in [-0.3, -0.25) is 23.5 Å². The maximum Gasteiger partial charge on any atom is 0.311 e. The molecule has 1 aromatic carbocycles. The van der Waals surface area contributed by atoms with E-state index >= 15 is 0 Å². The summed E-state index contributed by atoms with van der Waals surface area (Å²) in [6, 6.07) is 5.67. The van der Waals surface area contributed by atoms with Gasteiger partial charge in [0.1, 0.15) is 0 Å². The second-order valence-electron chi connectivity index (χ2n) is 6.23. The summed E-state index contributed by atoms with van der Waals surface area (Å²) in [6.45, 7) is 1.28. The first-order valence-electron chi connectivity index (χ1n) is 8.26. The van der Waals surface area contributed by atoms with Gasteiger partial charge in [0.05, 0.1) is 24.1 Å². The van der Waals surface area contributed by atoms with E-state index < -0.39 is 16.1 Å². The fraction of sp³-hybridized carbons (Fsp3) is 0.412. The molecule has 0 unspecified atom stereocenters. The quantitative estimate of drug-likeness (QED) is 0.612. The number of methoxy groups -OCH3 is 1. The van der Waals surface area contributed by atoms with Crippen LogP contribution in [-0.4, -0.2) is 35.4 Å². The van der Waals surface area contributed by atoms with E-state index in [0.29, 0.717) is 29.9 Å². The molecule has 0 spiro atoms. The predicted molar refractivity (Wildman–Crippen MR) is 92.7 cm³/mol. The number of nitrogens with zero attached hydrogens (tertiary/aromatic N) is 2. The number of rotatable bonds is 5. The molecule has 1 aliphatic heterocycles. The molecule has 140 valence electrons. The molecule has 0 saturated carbocycles. The highest BCUT2D eigenvalue weighted by Gasteiger charge is 2.24. The molecule has 9 heteroatoms. The maximum absolute atomic E-state index is 12.8. The highest BCUT2D eigenvalue weighted by Crippen LogP contribution is 2.19. The molecule has 0 radical (unpaired) electrons. The third kappa shape index (κ3) is 3.58. The highest BCUT2D eigenvalue weighted by atomic mass is 32.2. The van der Waals surface area contributed by atoms with Crippen molar-refractivity contribution in [1.82, 2.24) is 9.36 Å². The summed E-state index contributed by atoms with van der Waals surface area (Å²) in [5.41, 5.74) is 1.73. The first-order valence-corrected chi connectivity index (χ1v) is 9.70. The Morgan fingerprint density at radius 2 is 1.77 bits per heavy atom. The maximum atomic E-state index is 12.8. The second-order valence-corrected chi connectivity index (χ2v) is 7.65. The van der Waals surface area contributed by atoms with E-state index in [-0.39, 0.29) is 23.3 Å². The number of carbonyl (C=O) groups excluding carboxylic acids is 1. The Bertz CT molecular complexity index is 985. The van der Waals surface area contributed by atoms with Crippen molar-refractivity contribution < 1.29 is 22.5 Å². The summed E-state index contributed by atoms with van der Waals surface area (Å²) in [5.74, 6) is -0.417. The Hall–Kier alpha value is -2.39. The molecular weight excluding hydrogens is 360 g/mol. The lowest BCUT2D eigenvalue weighted by molar-refractivity contribution is -0.139. The zero-order valence-electron chi connectivity index (χ0n) is 14.3. The van der Waals surface area contributed by atoms with Crippen LogP contribution in [0.3, 0.4) is 0 Å². The van der Waals surface area contributed by atoms with E-state index in [1.54, 1.807) is 16.8 Å². The summed E-state index contributed by atoms with van der Waals surface area (Å²) < 4.78 is 39.6. The van der Waals surface area contributed by atoms with Crippen molar-refractivity contribution in [3.63, 3.8) is 0 Å². The zero-order chi connectivity index (χ0) is 18.9. The van der Waals surface area contributed by atoms with Crippen LogP contribution in [0.4, 0.5) is 0 Å². The minimum absolute atomic E-state index is 0.0111. The third-order valence-corrected chi connectivity index (χ3v) is 5.44. The normalized spacial score (nSPS) is 14.1. The third-order valence-electron chi connectivity index (χ3n) is 4.58. The Kier molecular flexibility index (Phi) is 5.01. The molecule has 1 aromatic heterocycles. The van der Waals surface area contributed by atoms with Crippen LogP contribution in [0.15, 0.2) is 34.0 Å². The molecule has 1 aliphatic rings. The first-order chi connectivity index (χ1) is 12.3. The lowest BCUT2D eigenvalue weighted by Crippen LogP contribution is -2.28. The first kappa shape index (κ1) is 18.4. The molecule has 0 fully saturated rings. The molecular formula is C17H20N2O6S. The minimum Gasteiger partial charge on any atom is -0.469 e. The van der Waals surface area contributed by atoms with Gasteiger partial charge in [-0.1, -0.05) is 12.1 Å². The van der Waals surface area contributed by atoms with Crippen LogP contribution in [0.2, 0.25) is 0 Å². The van der Waals surface area contributed by atoms with Crippen LogP contribution < -0.4 is 5.56 Å². The number of fused-ring (bicyclic) bond motifs is 1. The smallest absolute Gasteiger partial charge is 0.311 e. The Labute approximate surface area is 150 Å². The van der Waals surface area contributed by atoms with E-state index in [0.717, 1.165) is 12.8 Å². The van der Waals surface area contributed by atoms with E-state index in [9.17, 15) is 18.0 Å². The van der Waals surface area contributed by atoms with Gasteiger partial charge in [0.2, 0.25) is 0 Å². The number of carbonyl (C=O) groups is 1. The monoisotopic (exact) mass is 380 g/mol. The lowest BCUT2D eigenvalue weighted by atomic mass is 10.0. The van der Waals surface area contributed by atoms with Crippen molar-refractivity contribution in [3.05, 3.63) is 51.4 Å². The topological polar surface area (TPSA) is 108 Å². The molecule has 0 saturated heterocycles. The molecule has 8 nitrogen and oxygen atoms in total. The van der Waals surface area contributed by atoms with Gasteiger partial charge in [-0.25, -0.2) is 0 Å². The molecule has 0 aliphatic carbocycles. The van der Waals surface area contributed by atoms with Crippen LogP contribution in [0.5, 0.6) is 0 Å². The zero-order valence-corrected chi connectivity index (χ0v) is 15.2. The molecule has 1 N–H and O–H groups in total. The summed E-state index contributed by atoms with van der Waals surface area (Å²) in [6.07, 6.45) is 2.12. The van der Waals surface area contributed by atoms with Crippen molar-refractivity contribution in [1.29, 1.82) is 0 Å². The number of aromatic nitrogens is 2. The van der Waals surface area contributed by atoms with E-state index in [1.807, 2.05) is 4.68 Å². The van der Waals surface area contributed by atoms with Gasteiger partial charge in [0.15, 0.2) is 0 Å². The minimum atomic E-state index is -4.26. The van der Waals surface area contributed by atoms with Gasteiger partial charge >= 0.3 is 5.97 Å². The van der Waals surface area contributed by atoms with E-state index in [2.05, 4.69) is 0 Å². The van der Waals surface area contributed by atoms with Gasteiger partial charge in [-0.2, -0.15) is 8.42 Å². The summed E-state index contributed by atoms with van der Waals surface area (Å²) in [5, 5.41) is 0. The van der Waals surface area contributed by atoms with Crippen LogP contribution >= 0.6 is 0 Å². The standard InChI is InChI=1S/C17H20N2O6S/c1-25-16(20)11-15-14(17(21)19-9-3-2-8-18(15)19)10-12-4-6-13(7-5-12)26(22,23)24/h4-7H,2-3,8-11H2,1H3,(H,22,23,24). The van der Waals surface area contributed by atoms with Crippen molar-refractivity contribution in [2.24, 2.45) is 0 Å². The van der Waals surface area contributed by atoms with Crippen molar-refractivity contribution in [2.45, 2.75) is 43.7 Å². The van der Waals surface area contributed by atoms with Crippen LogP contribution in [0.25, 0.3) is 0 Å². The SMILES string of the molecule is COC(=O)Cc1c(Cc2ccc(S(=O)(=O)O)cc2)c(=O)n2n1CCCC2. The fourth-order valence-corrected chi connectivity index (χ4v) is 3.74. The van der Waals surface area contributed by atoms with Gasteiger partial charge < -0.3 is 4.74 Å². The lowest BCUT2D eigenvalue weighted by Gasteiger charge is -2.19. The molecule has 0 amide bonds. The average molecular weight is 380 g/mol. The Balaban J connectivity index is 2.00. The highest BCUT2D eigenvalue weighted by molar-refractivity contribution is 7.85. The summed E-state index contributed by atoms with van der Waals surface area (Å²) >= 11 is 0. The summed E-state index contributed by atoms with van der Waals surface area (Å²) in [4.78, 5) is 24.4. The molecule has 26 heavy (non-hydrogen) atoms. The average Bonchev–Trinajstić information content (AvgIpc) is 2.87. The molecule has 0 atom stereocenters. The summed E-state index contributed by atoms with van der Waals surface area (Å²) in [7, 11) is -2.95. The largest absolute Gasteiger partial charge is 0.469 e. The van der Waals surface area contributed by atoms with Crippen molar-refractivity contribution in [3.8, 4) is 0 Å². The van der Waals surface area contributed by atoms with E-state index in [4.69, 9.17) is 9.29 Å². The molecule has 2 heterocycles. The Morgan fingerprint density at radius 1 is 1.15 bits per heavy atom. The van der Waals surface area contributed by atoms with Gasteiger partial charge in [-0.05, 0) is 30.5 Å². The molecule has 3 rings (SSSR count). The van der Waals surface area contributed by atoms with E-state index in [1.165, 1.54) is 19.2 Å². The Morgan fingerprint density at radius 3 is 2.35 bits per heavy atom. The number of benzene rings is 1. The fourth-order valence-electron chi connectivity index (χ4n) is 3.26. The van der Waals surface area contributed by atoms with Gasteiger partial charge in [-0.15, -0.1) is 0 Å². The number of esters is 1. The van der Waals surface area contributed by atoms with Gasteiger partial charge in [0, 0.05) is 25.1 Å². The van der Waals surface area contributed by atoms with Crippen LogP contribution in [-0.2, 0) is 45.6 Å². The van der Waals surface area contributed by atoms with Crippen molar-refractivity contribution in [2.75, 3.05) is 7.11 Å². The number of ether oxygens (including phenoxy) is 1. The number of hydrogen-bond donors (Lipinski definition) is 1. The predicted octanol–water partition coefficient (Wildman–Crippen LogP) is 0.997. The van der Waals surface area contributed by atoms with Gasteiger partial charge in [0.25, 0.3) is 15.7 Å². The molecule has 2 aromatic rings. The second kappa shape index (κ2) is 7.08. The van der Waals surface area contributed by atoms with Crippen LogP contribution in [0.1, 0.15) is 29.7 Å². The van der Waals surface area contributed by atoms with Crippen LogP contribution in [0, 0.1) is 0 Å². The molecule has 0 bridgehead atoms.